The highest BCUT2D eigenvalue weighted by Gasteiger charge is 2.29. The van der Waals surface area contributed by atoms with Gasteiger partial charge in [-0.05, 0) is 73.2 Å². The van der Waals surface area contributed by atoms with E-state index in [0.29, 0.717) is 28.5 Å². The van der Waals surface area contributed by atoms with Crippen molar-refractivity contribution in [2.75, 3.05) is 24.3 Å². The molecule has 0 spiro atoms. The van der Waals surface area contributed by atoms with Crippen molar-refractivity contribution in [3.63, 3.8) is 0 Å². The number of para-hydroxylation sites is 1. The third kappa shape index (κ3) is 8.07. The number of carbonyl (C=O) groups excluding carboxylic acids is 2. The second kappa shape index (κ2) is 12.5. The van der Waals surface area contributed by atoms with E-state index in [2.05, 4.69) is 15.3 Å². The Morgan fingerprint density at radius 3 is 2.14 bits per heavy atom. The number of rotatable bonds is 11. The minimum Gasteiger partial charge on any atom is -0.482 e. The van der Waals surface area contributed by atoms with Crippen LogP contribution in [0.15, 0.2) is 84.0 Å². The number of hydrazone groups is 1. The van der Waals surface area contributed by atoms with Crippen LogP contribution in [-0.4, -0.2) is 52.5 Å². The Labute approximate surface area is 215 Å². The van der Waals surface area contributed by atoms with Gasteiger partial charge in [-0.1, -0.05) is 18.2 Å². The number of sulfonamides is 1. The van der Waals surface area contributed by atoms with E-state index >= 15 is 0 Å². The first-order valence-electron chi connectivity index (χ1n) is 11.1. The number of hydrogen-bond acceptors (Lipinski definition) is 8. The maximum atomic E-state index is 12.7. The van der Waals surface area contributed by atoms with Crippen LogP contribution >= 0.6 is 0 Å². The van der Waals surface area contributed by atoms with Gasteiger partial charge in [-0.3, -0.25) is 9.10 Å². The number of methoxy groups -OCH3 is 1. The summed E-state index contributed by atoms with van der Waals surface area (Å²) < 4.78 is 41.6. The van der Waals surface area contributed by atoms with Gasteiger partial charge in [0.15, 0.2) is 6.61 Å². The molecule has 0 fully saturated rings. The number of carbonyl (C=O) groups is 2. The predicted octanol–water partition coefficient (Wildman–Crippen LogP) is 3.34. The van der Waals surface area contributed by atoms with E-state index in [-0.39, 0.29) is 6.61 Å². The van der Waals surface area contributed by atoms with E-state index in [1.807, 2.05) is 18.2 Å². The molecular formula is C26H27N3O7S. The first-order chi connectivity index (χ1) is 17.7. The topological polar surface area (TPSA) is 124 Å². The molecule has 0 saturated heterocycles. The fourth-order valence-electron chi connectivity index (χ4n) is 3.21. The second-order valence-corrected chi connectivity index (χ2v) is 9.67. The van der Waals surface area contributed by atoms with Gasteiger partial charge in [-0.2, -0.15) is 5.10 Å². The summed E-state index contributed by atoms with van der Waals surface area (Å²) in [4.78, 5) is 23.9. The quantitative estimate of drug-likeness (QED) is 0.231. The van der Waals surface area contributed by atoms with Crippen LogP contribution in [0.1, 0.15) is 12.5 Å². The summed E-state index contributed by atoms with van der Waals surface area (Å²) in [5, 5.41) is 3.92. The number of ether oxygens (including phenoxy) is 3. The van der Waals surface area contributed by atoms with Gasteiger partial charge in [0.1, 0.15) is 23.3 Å². The van der Waals surface area contributed by atoms with E-state index in [0.717, 1.165) is 10.6 Å². The van der Waals surface area contributed by atoms with Crippen LogP contribution in [-0.2, 0) is 24.3 Å². The third-order valence-electron chi connectivity index (χ3n) is 5.01. The molecule has 3 aromatic carbocycles. The lowest BCUT2D eigenvalue weighted by molar-refractivity contribution is -0.142. The molecule has 10 nitrogen and oxygen atoms in total. The van der Waals surface area contributed by atoms with Gasteiger partial charge in [0.05, 0.1) is 25.3 Å². The zero-order valence-electron chi connectivity index (χ0n) is 20.5. The molecule has 1 atom stereocenters. The first kappa shape index (κ1) is 27.2. The van der Waals surface area contributed by atoms with Crippen LogP contribution in [0, 0.1) is 0 Å². The summed E-state index contributed by atoms with van der Waals surface area (Å²) in [5.41, 5.74) is 3.32. The summed E-state index contributed by atoms with van der Waals surface area (Å²) in [6, 6.07) is 21.1. The van der Waals surface area contributed by atoms with Gasteiger partial charge in [-0.25, -0.2) is 18.6 Å². The fraction of sp³-hybridized carbons (Fsp3) is 0.192. The molecule has 3 rings (SSSR count). The normalized spacial score (nSPS) is 12.0. The number of amides is 1. The number of anilines is 1. The molecule has 0 aromatic heterocycles. The number of hydrogen-bond donors (Lipinski definition) is 1. The zero-order valence-corrected chi connectivity index (χ0v) is 21.3. The van der Waals surface area contributed by atoms with Gasteiger partial charge < -0.3 is 14.2 Å². The number of benzene rings is 3. The van der Waals surface area contributed by atoms with Crippen LogP contribution in [0.25, 0.3) is 0 Å². The van der Waals surface area contributed by atoms with Crippen LogP contribution < -0.4 is 19.2 Å². The van der Waals surface area contributed by atoms with Crippen molar-refractivity contribution in [3.8, 4) is 17.2 Å². The Balaban J connectivity index is 1.63. The van der Waals surface area contributed by atoms with Crippen molar-refractivity contribution in [1.82, 2.24) is 5.43 Å². The molecule has 0 unspecified atom stereocenters. The molecule has 194 valence electrons. The maximum Gasteiger partial charge on any atom is 0.343 e. The molecule has 0 saturated carbocycles. The highest BCUT2D eigenvalue weighted by atomic mass is 32.2. The summed E-state index contributed by atoms with van der Waals surface area (Å²) in [6.07, 6.45) is 2.42. The van der Waals surface area contributed by atoms with Crippen molar-refractivity contribution >= 4 is 33.8 Å². The number of nitrogens with zero attached hydrogens (tertiary/aromatic N) is 2. The third-order valence-corrected chi connectivity index (χ3v) is 6.25. The Morgan fingerprint density at radius 2 is 1.54 bits per heavy atom. The molecule has 3 aromatic rings. The van der Waals surface area contributed by atoms with Gasteiger partial charge in [-0.15, -0.1) is 0 Å². The fourth-order valence-corrected chi connectivity index (χ4v) is 4.38. The molecule has 0 aliphatic carbocycles. The summed E-state index contributed by atoms with van der Waals surface area (Å²) in [7, 11) is -2.53. The monoisotopic (exact) mass is 525 g/mol. The highest BCUT2D eigenvalue weighted by molar-refractivity contribution is 7.92. The predicted molar refractivity (Wildman–Crippen MR) is 139 cm³/mol. The van der Waals surface area contributed by atoms with Crippen molar-refractivity contribution in [1.29, 1.82) is 0 Å². The summed E-state index contributed by atoms with van der Waals surface area (Å²) in [5.74, 6) is 0.506. The molecule has 0 radical (unpaired) electrons. The van der Waals surface area contributed by atoms with Crippen molar-refractivity contribution in [2.24, 2.45) is 5.10 Å². The Kier molecular flexibility index (Phi) is 9.22. The molecule has 1 amide bonds. The van der Waals surface area contributed by atoms with Gasteiger partial charge in [0.2, 0.25) is 10.0 Å². The number of nitrogens with one attached hydrogen (secondary N) is 1. The van der Waals surface area contributed by atoms with Crippen molar-refractivity contribution in [3.05, 3.63) is 84.4 Å². The first-order valence-corrected chi connectivity index (χ1v) is 13.0. The van der Waals surface area contributed by atoms with Crippen LogP contribution in [0.5, 0.6) is 17.2 Å². The van der Waals surface area contributed by atoms with Crippen LogP contribution in [0.2, 0.25) is 0 Å². The van der Waals surface area contributed by atoms with E-state index in [4.69, 9.17) is 9.47 Å². The molecule has 0 heterocycles. The minimum atomic E-state index is -3.80. The smallest absolute Gasteiger partial charge is 0.343 e. The van der Waals surface area contributed by atoms with Gasteiger partial charge in [0, 0.05) is 0 Å². The van der Waals surface area contributed by atoms with Crippen LogP contribution in [0.4, 0.5) is 5.69 Å². The van der Waals surface area contributed by atoms with E-state index in [1.54, 1.807) is 60.7 Å². The molecule has 0 bridgehead atoms. The average molecular weight is 526 g/mol. The minimum absolute atomic E-state index is 0.211. The van der Waals surface area contributed by atoms with E-state index in [1.165, 1.54) is 20.2 Å². The largest absolute Gasteiger partial charge is 0.482 e. The zero-order chi connectivity index (χ0) is 26.8. The van der Waals surface area contributed by atoms with Crippen LogP contribution in [0.3, 0.4) is 0 Å². The lowest BCUT2D eigenvalue weighted by atomic mass is 10.2. The number of esters is 1. The summed E-state index contributed by atoms with van der Waals surface area (Å²) in [6.45, 7) is 1.26. The van der Waals surface area contributed by atoms with E-state index < -0.39 is 27.9 Å². The van der Waals surface area contributed by atoms with Gasteiger partial charge >= 0.3 is 5.97 Å². The lowest BCUT2D eigenvalue weighted by Gasteiger charge is -2.27. The van der Waals surface area contributed by atoms with E-state index in [9.17, 15) is 18.0 Å². The van der Waals surface area contributed by atoms with Crippen molar-refractivity contribution in [2.45, 2.75) is 13.0 Å². The Morgan fingerprint density at radius 1 is 0.946 bits per heavy atom. The van der Waals surface area contributed by atoms with Gasteiger partial charge in [0.25, 0.3) is 5.91 Å². The lowest BCUT2D eigenvalue weighted by Crippen LogP contribution is -2.46. The standard InChI is InChI=1S/C26H27N3O7S/c1-19(26(31)28-27-17-20-9-13-22(14-10-20)35-18-25(30)34-2)29(37(3,32)33)21-11-15-24(16-12-21)36-23-7-5-4-6-8-23/h4-17,19H,18H2,1-3H3,(H,28,31)/b27-17-/t19-/m0/s1. The molecular weight excluding hydrogens is 498 g/mol. The average Bonchev–Trinajstić information content (AvgIpc) is 2.88. The molecule has 37 heavy (non-hydrogen) atoms. The molecule has 1 N–H and O–H groups in total. The molecule has 0 aliphatic heterocycles. The van der Waals surface area contributed by atoms with Crippen molar-refractivity contribution < 1.29 is 32.2 Å². The Hall–Kier alpha value is -4.38. The molecule has 0 aliphatic rings. The maximum absolute atomic E-state index is 12.7. The summed E-state index contributed by atoms with van der Waals surface area (Å²) >= 11 is 0. The Bertz CT molecular complexity index is 1330. The molecule has 11 heteroatoms. The highest BCUT2D eigenvalue weighted by Crippen LogP contribution is 2.27. The SMILES string of the molecule is COC(=O)COc1ccc(/C=N\NC(=O)[C@H](C)N(c2ccc(Oc3ccccc3)cc2)S(C)(=O)=O)cc1. The second-order valence-electron chi connectivity index (χ2n) is 7.81.